The Kier molecular flexibility index (Phi) is 5.96. The van der Waals surface area contributed by atoms with Gasteiger partial charge in [0.25, 0.3) is 11.6 Å². The second kappa shape index (κ2) is 8.84. The van der Waals surface area contributed by atoms with E-state index in [2.05, 4.69) is 5.32 Å². The van der Waals surface area contributed by atoms with Gasteiger partial charge in [-0.25, -0.2) is 0 Å². The van der Waals surface area contributed by atoms with Gasteiger partial charge in [-0.15, -0.1) is 11.8 Å². The van der Waals surface area contributed by atoms with Crippen LogP contribution in [0.15, 0.2) is 66.7 Å². The van der Waals surface area contributed by atoms with Gasteiger partial charge in [0.05, 0.1) is 10.7 Å². The van der Waals surface area contributed by atoms with Gasteiger partial charge in [0, 0.05) is 28.6 Å². The van der Waals surface area contributed by atoms with Crippen LogP contribution in [-0.4, -0.2) is 22.5 Å². The van der Waals surface area contributed by atoms with Crippen molar-refractivity contribution in [2.24, 2.45) is 0 Å². The van der Waals surface area contributed by atoms with Gasteiger partial charge in [-0.1, -0.05) is 35.9 Å². The number of anilines is 2. The van der Waals surface area contributed by atoms with Crippen LogP contribution < -0.4 is 10.2 Å². The minimum absolute atomic E-state index is 0.0326. The zero-order valence-corrected chi connectivity index (χ0v) is 18.4. The van der Waals surface area contributed by atoms with E-state index in [0.29, 0.717) is 17.0 Å². The van der Waals surface area contributed by atoms with Crippen LogP contribution in [0.5, 0.6) is 0 Å². The van der Waals surface area contributed by atoms with Gasteiger partial charge in [0.2, 0.25) is 5.91 Å². The summed E-state index contributed by atoms with van der Waals surface area (Å²) >= 11 is 1.53. The molecule has 0 saturated carbocycles. The van der Waals surface area contributed by atoms with E-state index in [1.165, 1.54) is 17.8 Å². The van der Waals surface area contributed by atoms with Gasteiger partial charge in [0.1, 0.15) is 5.37 Å². The lowest BCUT2D eigenvalue weighted by molar-refractivity contribution is -0.385. The van der Waals surface area contributed by atoms with E-state index in [4.69, 9.17) is 0 Å². The molecule has 2 amide bonds. The molecule has 162 valence electrons. The summed E-state index contributed by atoms with van der Waals surface area (Å²) < 4.78 is 0. The molecule has 1 aliphatic rings. The Balaban J connectivity index is 1.58. The number of aryl methyl sites for hydroxylation is 2. The molecule has 1 N–H and O–H groups in total. The maximum absolute atomic E-state index is 12.7. The lowest BCUT2D eigenvalue weighted by Gasteiger charge is -2.25. The van der Waals surface area contributed by atoms with Gasteiger partial charge >= 0.3 is 0 Å². The largest absolute Gasteiger partial charge is 0.322 e. The first-order valence-electron chi connectivity index (χ1n) is 10.00. The molecule has 0 aromatic heterocycles. The number of rotatable bonds is 5. The predicted octanol–water partition coefficient (Wildman–Crippen LogP) is 5.24. The maximum Gasteiger partial charge on any atom is 0.273 e. The number of hydrogen-bond donors (Lipinski definition) is 1. The minimum Gasteiger partial charge on any atom is -0.322 e. The molecule has 8 heteroatoms. The molecule has 3 aromatic rings. The molecule has 1 aliphatic heterocycles. The smallest absolute Gasteiger partial charge is 0.273 e. The van der Waals surface area contributed by atoms with E-state index in [-0.39, 0.29) is 22.5 Å². The number of hydrogen-bond acceptors (Lipinski definition) is 5. The highest BCUT2D eigenvalue weighted by Gasteiger charge is 2.34. The summed E-state index contributed by atoms with van der Waals surface area (Å²) in [5.74, 6) is -0.0247. The van der Waals surface area contributed by atoms with Crippen LogP contribution in [-0.2, 0) is 4.79 Å². The molecule has 1 heterocycles. The summed E-state index contributed by atoms with van der Waals surface area (Å²) in [7, 11) is 0. The van der Waals surface area contributed by atoms with Crippen LogP contribution in [0.1, 0.15) is 32.4 Å². The lowest BCUT2D eigenvalue weighted by atomic mass is 10.1. The van der Waals surface area contributed by atoms with Gasteiger partial charge in [-0.3, -0.25) is 24.6 Å². The highest BCUT2D eigenvalue weighted by atomic mass is 32.2. The van der Waals surface area contributed by atoms with Crippen LogP contribution in [0.2, 0.25) is 0 Å². The van der Waals surface area contributed by atoms with Crippen LogP contribution in [0.25, 0.3) is 0 Å². The predicted molar refractivity (Wildman–Crippen MR) is 126 cm³/mol. The molecule has 0 radical (unpaired) electrons. The summed E-state index contributed by atoms with van der Waals surface area (Å²) in [4.78, 5) is 37.7. The van der Waals surface area contributed by atoms with Gasteiger partial charge in [-0.2, -0.15) is 0 Å². The summed E-state index contributed by atoms with van der Waals surface area (Å²) in [6.07, 6.45) is 0. The monoisotopic (exact) mass is 447 g/mol. The average molecular weight is 448 g/mol. The van der Waals surface area contributed by atoms with E-state index in [9.17, 15) is 19.7 Å². The van der Waals surface area contributed by atoms with Crippen molar-refractivity contribution >= 4 is 40.6 Å². The van der Waals surface area contributed by atoms with Crippen molar-refractivity contribution in [1.29, 1.82) is 0 Å². The van der Waals surface area contributed by atoms with Gasteiger partial charge < -0.3 is 5.32 Å². The molecule has 0 spiro atoms. The van der Waals surface area contributed by atoms with E-state index in [1.54, 1.807) is 30.0 Å². The number of carbonyl (C=O) groups is 2. The molecule has 0 bridgehead atoms. The number of thioether (sulfide) groups is 1. The normalized spacial score (nSPS) is 15.6. The average Bonchev–Trinajstić information content (AvgIpc) is 3.16. The number of nitro groups is 1. The number of nitrogens with zero attached hydrogens (tertiary/aromatic N) is 2. The quantitative estimate of drug-likeness (QED) is 0.426. The minimum atomic E-state index is -0.499. The first-order chi connectivity index (χ1) is 15.3. The summed E-state index contributed by atoms with van der Waals surface area (Å²) in [5.41, 5.74) is 3.99. The van der Waals surface area contributed by atoms with Gasteiger partial charge in [0.15, 0.2) is 0 Å². The van der Waals surface area contributed by atoms with Gasteiger partial charge in [-0.05, 0) is 49.7 Å². The third-order valence-corrected chi connectivity index (χ3v) is 6.49. The standard InChI is InChI=1S/C24H21N3O4S/c1-15-6-10-20(11-7-15)26-22(28)14-32-24(26)18-4-3-5-19(12-18)25-23(29)17-9-8-16(2)21(13-17)27(30)31/h3-13,24H,14H2,1-2H3,(H,25,29). The summed E-state index contributed by atoms with van der Waals surface area (Å²) in [6, 6.07) is 19.5. The summed E-state index contributed by atoms with van der Waals surface area (Å²) in [6.45, 7) is 3.63. The van der Waals surface area contributed by atoms with Crippen molar-refractivity contribution in [1.82, 2.24) is 0 Å². The van der Waals surface area contributed by atoms with Crippen molar-refractivity contribution < 1.29 is 14.5 Å². The molecule has 32 heavy (non-hydrogen) atoms. The number of benzene rings is 3. The highest BCUT2D eigenvalue weighted by Crippen LogP contribution is 2.42. The Morgan fingerprint density at radius 2 is 1.84 bits per heavy atom. The Hall–Kier alpha value is -3.65. The first-order valence-corrected chi connectivity index (χ1v) is 11.0. The molecule has 1 fully saturated rings. The van der Waals surface area contributed by atoms with Crippen molar-refractivity contribution in [3.63, 3.8) is 0 Å². The van der Waals surface area contributed by atoms with Crippen LogP contribution in [0.4, 0.5) is 17.1 Å². The first kappa shape index (κ1) is 21.6. The van der Waals surface area contributed by atoms with Crippen LogP contribution in [0.3, 0.4) is 0 Å². The van der Waals surface area contributed by atoms with E-state index in [1.807, 2.05) is 49.4 Å². The Bertz CT molecular complexity index is 1210. The number of nitrogens with one attached hydrogen (secondary N) is 1. The molecule has 1 saturated heterocycles. The van der Waals surface area contributed by atoms with Crippen LogP contribution in [0, 0.1) is 24.0 Å². The fourth-order valence-electron chi connectivity index (χ4n) is 3.58. The third-order valence-electron chi connectivity index (χ3n) is 5.28. The zero-order valence-electron chi connectivity index (χ0n) is 17.6. The van der Waals surface area contributed by atoms with Crippen molar-refractivity contribution in [3.8, 4) is 0 Å². The fraction of sp³-hybridized carbons (Fsp3) is 0.167. The SMILES string of the molecule is Cc1ccc(N2C(=O)CSC2c2cccc(NC(=O)c3ccc(C)c([N+](=O)[O-])c3)c2)cc1. The number of nitro benzene ring substituents is 1. The Morgan fingerprint density at radius 3 is 2.56 bits per heavy atom. The van der Waals surface area contributed by atoms with Crippen molar-refractivity contribution in [2.45, 2.75) is 19.2 Å². The lowest BCUT2D eigenvalue weighted by Crippen LogP contribution is -2.27. The molecular formula is C24H21N3O4S. The molecular weight excluding hydrogens is 426 g/mol. The highest BCUT2D eigenvalue weighted by molar-refractivity contribution is 8.00. The second-order valence-corrected chi connectivity index (χ2v) is 8.67. The molecule has 4 rings (SSSR count). The zero-order chi connectivity index (χ0) is 22.8. The number of carbonyl (C=O) groups excluding carboxylic acids is 2. The fourth-order valence-corrected chi connectivity index (χ4v) is 4.74. The van der Waals surface area contributed by atoms with Crippen LogP contribution >= 0.6 is 11.8 Å². The Morgan fingerprint density at radius 1 is 1.09 bits per heavy atom. The molecule has 1 unspecified atom stereocenters. The van der Waals surface area contributed by atoms with E-state index < -0.39 is 10.8 Å². The van der Waals surface area contributed by atoms with Crippen molar-refractivity contribution in [2.75, 3.05) is 16.0 Å². The molecule has 7 nitrogen and oxygen atoms in total. The van der Waals surface area contributed by atoms with E-state index >= 15 is 0 Å². The molecule has 3 aromatic carbocycles. The van der Waals surface area contributed by atoms with Crippen molar-refractivity contribution in [3.05, 3.63) is 99.1 Å². The number of amides is 2. The van der Waals surface area contributed by atoms with E-state index in [0.717, 1.165) is 16.8 Å². The molecule has 0 aliphatic carbocycles. The Labute approximate surface area is 189 Å². The second-order valence-electron chi connectivity index (χ2n) is 7.60. The molecule has 1 atom stereocenters. The summed E-state index contributed by atoms with van der Waals surface area (Å²) in [5, 5.41) is 13.8. The third kappa shape index (κ3) is 4.36. The maximum atomic E-state index is 12.7. The topological polar surface area (TPSA) is 92.6 Å².